The van der Waals surface area contributed by atoms with Gasteiger partial charge in [-0.3, -0.25) is 0 Å². The summed E-state index contributed by atoms with van der Waals surface area (Å²) in [4.78, 5) is 11.8. The Morgan fingerprint density at radius 1 is 1.45 bits per heavy atom. The molecule has 0 saturated carbocycles. The van der Waals surface area contributed by atoms with Crippen molar-refractivity contribution in [1.82, 2.24) is 0 Å². The summed E-state index contributed by atoms with van der Waals surface area (Å²) in [7, 11) is 0. The number of ether oxygens (including phenoxy) is 1. The van der Waals surface area contributed by atoms with Gasteiger partial charge in [0.15, 0.2) is 0 Å². The van der Waals surface area contributed by atoms with Crippen LogP contribution in [0.4, 0.5) is 5.69 Å². The Hall–Kier alpha value is -1.07. The van der Waals surface area contributed by atoms with Crippen LogP contribution in [0.5, 0.6) is 0 Å². The molecule has 0 amide bonds. The van der Waals surface area contributed by atoms with E-state index in [0.29, 0.717) is 25.4 Å². The number of hydrogen-bond acceptors (Lipinski definition) is 3. The first-order chi connectivity index (χ1) is 9.43. The summed E-state index contributed by atoms with van der Waals surface area (Å²) in [5.41, 5.74) is -0.124. The van der Waals surface area contributed by atoms with E-state index in [1.807, 2.05) is 24.3 Å². The van der Waals surface area contributed by atoms with Crippen molar-refractivity contribution in [3.05, 3.63) is 28.7 Å². The largest absolute Gasteiger partial charge is 0.480 e. The minimum atomic E-state index is -0.943. The Morgan fingerprint density at radius 3 is 2.65 bits per heavy atom. The minimum absolute atomic E-state index is 0.0252. The third-order valence-corrected chi connectivity index (χ3v) is 4.32. The lowest BCUT2D eigenvalue weighted by atomic mass is 9.83. The van der Waals surface area contributed by atoms with Gasteiger partial charge < -0.3 is 15.2 Å². The molecule has 2 N–H and O–H groups in total. The zero-order valence-electron chi connectivity index (χ0n) is 11.7. The molecule has 1 fully saturated rings. The number of carboxylic acids is 1. The summed E-state index contributed by atoms with van der Waals surface area (Å²) in [6.07, 6.45) is 0.931. The average molecular weight is 342 g/mol. The molecule has 1 aromatic carbocycles. The van der Waals surface area contributed by atoms with Gasteiger partial charge in [-0.05, 0) is 30.2 Å². The summed E-state index contributed by atoms with van der Waals surface area (Å²) < 4.78 is 6.66. The van der Waals surface area contributed by atoms with Crippen LogP contribution in [0, 0.1) is 5.92 Å². The first kappa shape index (κ1) is 15.3. The number of nitrogens with one attached hydrogen (secondary N) is 1. The Bertz CT molecular complexity index is 475. The normalized spacial score (nSPS) is 26.5. The zero-order chi connectivity index (χ0) is 14.8. The van der Waals surface area contributed by atoms with E-state index in [1.54, 1.807) is 0 Å². The predicted molar refractivity (Wildman–Crippen MR) is 81.9 cm³/mol. The molecule has 4 nitrogen and oxygen atoms in total. The molecule has 2 atom stereocenters. The molecule has 110 valence electrons. The van der Waals surface area contributed by atoms with Gasteiger partial charge in [-0.25, -0.2) is 4.79 Å². The number of aliphatic carboxylic acids is 1. The van der Waals surface area contributed by atoms with Crippen molar-refractivity contribution in [2.24, 2.45) is 5.92 Å². The number of benzene rings is 1. The molecule has 20 heavy (non-hydrogen) atoms. The van der Waals surface area contributed by atoms with Crippen LogP contribution in [0.3, 0.4) is 0 Å². The van der Waals surface area contributed by atoms with Crippen molar-refractivity contribution in [3.63, 3.8) is 0 Å². The zero-order valence-corrected chi connectivity index (χ0v) is 13.3. The van der Waals surface area contributed by atoms with E-state index in [2.05, 4.69) is 35.1 Å². The maximum Gasteiger partial charge on any atom is 0.329 e. The molecular formula is C15H20BrNO3. The van der Waals surface area contributed by atoms with Gasteiger partial charge in [0.25, 0.3) is 0 Å². The van der Waals surface area contributed by atoms with Crippen molar-refractivity contribution < 1.29 is 14.6 Å². The Kier molecular flexibility index (Phi) is 4.70. The van der Waals surface area contributed by atoms with Crippen molar-refractivity contribution >= 4 is 27.6 Å². The van der Waals surface area contributed by atoms with Crippen LogP contribution in [-0.4, -0.2) is 29.3 Å². The summed E-state index contributed by atoms with van der Waals surface area (Å²) in [5.74, 6) is -0.505. The second kappa shape index (κ2) is 6.14. The van der Waals surface area contributed by atoms with Gasteiger partial charge in [-0.1, -0.05) is 29.8 Å². The maximum absolute atomic E-state index is 11.8. The van der Waals surface area contributed by atoms with Gasteiger partial charge in [-0.2, -0.15) is 0 Å². The van der Waals surface area contributed by atoms with E-state index in [4.69, 9.17) is 4.74 Å². The number of carboxylic acid groups (broad SMARTS) is 1. The van der Waals surface area contributed by atoms with Gasteiger partial charge >= 0.3 is 5.97 Å². The van der Waals surface area contributed by atoms with E-state index >= 15 is 0 Å². The van der Waals surface area contributed by atoms with Crippen molar-refractivity contribution in [1.29, 1.82) is 0 Å². The summed E-state index contributed by atoms with van der Waals surface area (Å²) in [5, 5.41) is 12.9. The standard InChI is InChI=1S/C15H20BrNO3/c1-10(2)13-9-15(14(18)19,7-8-20-13)17-12-5-3-11(16)4-6-12/h3-6,10,13,17H,7-9H2,1-2H3,(H,18,19). The molecule has 0 spiro atoms. The first-order valence-electron chi connectivity index (χ1n) is 6.82. The van der Waals surface area contributed by atoms with Crippen LogP contribution in [0.15, 0.2) is 28.7 Å². The monoisotopic (exact) mass is 341 g/mol. The second-order valence-corrected chi connectivity index (χ2v) is 6.54. The third kappa shape index (κ3) is 3.33. The fourth-order valence-electron chi connectivity index (χ4n) is 2.49. The van der Waals surface area contributed by atoms with E-state index in [-0.39, 0.29) is 6.10 Å². The maximum atomic E-state index is 11.8. The molecule has 0 aliphatic carbocycles. The highest BCUT2D eigenvalue weighted by molar-refractivity contribution is 9.10. The van der Waals surface area contributed by atoms with Crippen molar-refractivity contribution in [2.45, 2.75) is 38.3 Å². The third-order valence-electron chi connectivity index (χ3n) is 3.79. The van der Waals surface area contributed by atoms with Crippen LogP contribution in [0.1, 0.15) is 26.7 Å². The Labute approximate surface area is 127 Å². The second-order valence-electron chi connectivity index (χ2n) is 5.63. The van der Waals surface area contributed by atoms with Crippen molar-refractivity contribution in [2.75, 3.05) is 11.9 Å². The number of halogens is 1. The summed E-state index contributed by atoms with van der Waals surface area (Å²) in [6, 6.07) is 7.57. The van der Waals surface area contributed by atoms with E-state index in [9.17, 15) is 9.90 Å². The number of hydrogen-bond donors (Lipinski definition) is 2. The molecule has 1 heterocycles. The molecule has 5 heteroatoms. The van der Waals surface area contributed by atoms with E-state index in [1.165, 1.54) is 0 Å². The lowest BCUT2D eigenvalue weighted by Crippen LogP contribution is -2.53. The number of anilines is 1. The fourth-order valence-corrected chi connectivity index (χ4v) is 2.75. The molecule has 1 saturated heterocycles. The van der Waals surface area contributed by atoms with Gasteiger partial charge in [-0.15, -0.1) is 0 Å². The fraction of sp³-hybridized carbons (Fsp3) is 0.533. The van der Waals surface area contributed by atoms with E-state index in [0.717, 1.165) is 10.2 Å². The van der Waals surface area contributed by atoms with Crippen LogP contribution in [0.2, 0.25) is 0 Å². The molecule has 0 bridgehead atoms. The molecular weight excluding hydrogens is 322 g/mol. The van der Waals surface area contributed by atoms with Crippen LogP contribution in [0.25, 0.3) is 0 Å². The highest BCUT2D eigenvalue weighted by atomic mass is 79.9. The predicted octanol–water partition coefficient (Wildman–Crippen LogP) is 3.52. The molecule has 1 aliphatic rings. The molecule has 2 rings (SSSR count). The van der Waals surface area contributed by atoms with Crippen LogP contribution >= 0.6 is 15.9 Å². The van der Waals surface area contributed by atoms with Crippen molar-refractivity contribution in [3.8, 4) is 0 Å². The highest BCUT2D eigenvalue weighted by Crippen LogP contribution is 2.32. The summed E-state index contributed by atoms with van der Waals surface area (Å²) >= 11 is 3.38. The Morgan fingerprint density at radius 2 is 2.10 bits per heavy atom. The SMILES string of the molecule is CC(C)C1CC(Nc2ccc(Br)cc2)(C(=O)O)CCO1. The van der Waals surface area contributed by atoms with Gasteiger partial charge in [0, 0.05) is 29.6 Å². The van der Waals surface area contributed by atoms with Crippen LogP contribution in [-0.2, 0) is 9.53 Å². The van der Waals surface area contributed by atoms with Crippen LogP contribution < -0.4 is 5.32 Å². The van der Waals surface area contributed by atoms with E-state index < -0.39 is 11.5 Å². The molecule has 0 radical (unpaired) electrons. The smallest absolute Gasteiger partial charge is 0.329 e. The lowest BCUT2D eigenvalue weighted by molar-refractivity contribution is -0.149. The average Bonchev–Trinajstić information content (AvgIpc) is 2.41. The quantitative estimate of drug-likeness (QED) is 0.879. The first-order valence-corrected chi connectivity index (χ1v) is 7.61. The molecule has 0 aromatic heterocycles. The van der Waals surface area contributed by atoms with Gasteiger partial charge in [0.05, 0.1) is 6.10 Å². The Balaban J connectivity index is 2.21. The number of carbonyl (C=O) groups is 1. The lowest BCUT2D eigenvalue weighted by Gasteiger charge is -2.40. The molecule has 1 aromatic rings. The van der Waals surface area contributed by atoms with Gasteiger partial charge in [0.2, 0.25) is 0 Å². The highest BCUT2D eigenvalue weighted by Gasteiger charge is 2.44. The van der Waals surface area contributed by atoms with Gasteiger partial charge in [0.1, 0.15) is 5.54 Å². The number of rotatable bonds is 4. The minimum Gasteiger partial charge on any atom is -0.480 e. The topological polar surface area (TPSA) is 58.6 Å². The summed E-state index contributed by atoms with van der Waals surface area (Å²) in [6.45, 7) is 4.59. The molecule has 1 aliphatic heterocycles. The molecule has 2 unspecified atom stereocenters.